The van der Waals surface area contributed by atoms with Gasteiger partial charge >= 0.3 is 0 Å². The lowest BCUT2D eigenvalue weighted by Gasteiger charge is -2.20. The molecule has 2 rings (SSSR count). The Balaban J connectivity index is 2.13. The van der Waals surface area contributed by atoms with Gasteiger partial charge in [0.2, 0.25) is 5.91 Å². The van der Waals surface area contributed by atoms with E-state index in [-0.39, 0.29) is 29.3 Å². The normalized spacial score (nSPS) is 10.8. The zero-order valence-corrected chi connectivity index (χ0v) is 14.6. The molecule has 2 aromatic carbocycles. The summed E-state index contributed by atoms with van der Waals surface area (Å²) in [6.07, 6.45) is 0. The van der Waals surface area contributed by atoms with Crippen LogP contribution in [0, 0.1) is 0 Å². The largest absolute Gasteiger partial charge is 0.350 e. The van der Waals surface area contributed by atoms with Crippen molar-refractivity contribution >= 4 is 17.6 Å². The number of hydrogen-bond acceptors (Lipinski definition) is 3. The molecule has 2 aromatic rings. The molecule has 0 aromatic heterocycles. The van der Waals surface area contributed by atoms with E-state index in [1.165, 1.54) is 0 Å². The third kappa shape index (κ3) is 5.28. The molecule has 130 valence electrons. The molecule has 5 nitrogen and oxygen atoms in total. The predicted octanol–water partition coefficient (Wildman–Crippen LogP) is 2.56. The molecule has 0 aliphatic rings. The predicted molar refractivity (Wildman–Crippen MR) is 96.5 cm³/mol. The lowest BCUT2D eigenvalue weighted by Crippen LogP contribution is -2.46. The fourth-order valence-corrected chi connectivity index (χ4v) is 2.34. The Labute approximate surface area is 147 Å². The van der Waals surface area contributed by atoms with Crippen molar-refractivity contribution in [2.75, 3.05) is 6.54 Å². The van der Waals surface area contributed by atoms with E-state index in [4.69, 9.17) is 0 Å². The van der Waals surface area contributed by atoms with Gasteiger partial charge in [-0.15, -0.1) is 0 Å². The summed E-state index contributed by atoms with van der Waals surface area (Å²) in [5, 5.41) is 5.33. The highest BCUT2D eigenvalue weighted by atomic mass is 16.2. The highest BCUT2D eigenvalue weighted by molar-refractivity contribution is 6.15. The van der Waals surface area contributed by atoms with Crippen LogP contribution in [0.25, 0.3) is 0 Å². The van der Waals surface area contributed by atoms with Crippen molar-refractivity contribution in [3.63, 3.8) is 0 Å². The molecule has 0 aliphatic heterocycles. The lowest BCUT2D eigenvalue weighted by atomic mass is 9.98. The Morgan fingerprint density at radius 1 is 0.840 bits per heavy atom. The van der Waals surface area contributed by atoms with Gasteiger partial charge in [0.05, 0.1) is 12.1 Å². The smallest absolute Gasteiger partial charge is 0.252 e. The fraction of sp³-hybridized carbons (Fsp3) is 0.250. The molecule has 5 heteroatoms. The van der Waals surface area contributed by atoms with Crippen molar-refractivity contribution in [1.82, 2.24) is 10.6 Å². The molecule has 0 radical (unpaired) electrons. The van der Waals surface area contributed by atoms with Crippen molar-refractivity contribution < 1.29 is 14.4 Å². The molecule has 0 saturated heterocycles. The van der Waals surface area contributed by atoms with Gasteiger partial charge < -0.3 is 10.6 Å². The zero-order valence-electron chi connectivity index (χ0n) is 14.6. The van der Waals surface area contributed by atoms with E-state index in [9.17, 15) is 14.4 Å². The average Bonchev–Trinajstić information content (AvgIpc) is 2.58. The summed E-state index contributed by atoms with van der Waals surface area (Å²) in [6, 6.07) is 15.3. The second-order valence-corrected chi connectivity index (χ2v) is 6.72. The Kier molecular flexibility index (Phi) is 5.70. The van der Waals surface area contributed by atoms with E-state index in [2.05, 4.69) is 10.6 Å². The van der Waals surface area contributed by atoms with Crippen LogP contribution in [-0.2, 0) is 4.79 Å². The molecule has 2 amide bonds. The summed E-state index contributed by atoms with van der Waals surface area (Å²) >= 11 is 0. The number of hydrogen-bond donors (Lipinski definition) is 2. The standard InChI is InChI=1S/C20H22N2O3/c1-20(2,3)22-17(23)13-21-19(25)16-12-8-7-11-15(16)18(24)14-9-5-4-6-10-14/h4-12H,13H2,1-3H3,(H,21,25)(H,22,23). The summed E-state index contributed by atoms with van der Waals surface area (Å²) in [5.74, 6) is -0.970. The van der Waals surface area contributed by atoms with E-state index in [1.807, 2.05) is 26.8 Å². The number of benzene rings is 2. The number of rotatable bonds is 5. The summed E-state index contributed by atoms with van der Waals surface area (Å²) in [5.41, 5.74) is 0.693. The van der Waals surface area contributed by atoms with Gasteiger partial charge in [0, 0.05) is 16.7 Å². The van der Waals surface area contributed by atoms with Crippen molar-refractivity contribution in [3.05, 3.63) is 71.3 Å². The summed E-state index contributed by atoms with van der Waals surface area (Å²) in [4.78, 5) is 36.9. The van der Waals surface area contributed by atoms with Crippen molar-refractivity contribution in [2.45, 2.75) is 26.3 Å². The zero-order chi connectivity index (χ0) is 18.4. The maximum Gasteiger partial charge on any atom is 0.252 e. The molecule has 0 aliphatic carbocycles. The molecule has 25 heavy (non-hydrogen) atoms. The second kappa shape index (κ2) is 7.75. The Bertz CT molecular complexity index is 777. The van der Waals surface area contributed by atoms with E-state index in [1.54, 1.807) is 48.5 Å². The molecular formula is C20H22N2O3. The first-order valence-electron chi connectivity index (χ1n) is 8.06. The van der Waals surface area contributed by atoms with Crippen LogP contribution in [0.2, 0.25) is 0 Å². The highest BCUT2D eigenvalue weighted by Gasteiger charge is 2.19. The van der Waals surface area contributed by atoms with Crippen molar-refractivity contribution in [1.29, 1.82) is 0 Å². The van der Waals surface area contributed by atoms with Crippen LogP contribution < -0.4 is 10.6 Å². The minimum atomic E-state index is -0.455. The molecule has 0 bridgehead atoms. The first kappa shape index (κ1) is 18.4. The number of amides is 2. The Morgan fingerprint density at radius 3 is 2.00 bits per heavy atom. The Morgan fingerprint density at radius 2 is 1.40 bits per heavy atom. The fourth-order valence-electron chi connectivity index (χ4n) is 2.34. The van der Waals surface area contributed by atoms with E-state index in [0.717, 1.165) is 0 Å². The van der Waals surface area contributed by atoms with Gasteiger partial charge in [-0.25, -0.2) is 0 Å². The topological polar surface area (TPSA) is 75.3 Å². The van der Waals surface area contributed by atoms with Crippen molar-refractivity contribution in [3.8, 4) is 0 Å². The molecule has 0 spiro atoms. The molecule has 0 unspecified atom stereocenters. The minimum Gasteiger partial charge on any atom is -0.350 e. The van der Waals surface area contributed by atoms with E-state index in [0.29, 0.717) is 11.1 Å². The van der Waals surface area contributed by atoms with E-state index >= 15 is 0 Å². The van der Waals surface area contributed by atoms with Gasteiger partial charge in [0.15, 0.2) is 5.78 Å². The first-order chi connectivity index (χ1) is 11.8. The quantitative estimate of drug-likeness (QED) is 0.823. The van der Waals surface area contributed by atoms with Crippen LogP contribution in [0.15, 0.2) is 54.6 Å². The molecule has 0 atom stereocenters. The maximum atomic E-state index is 12.6. The highest BCUT2D eigenvalue weighted by Crippen LogP contribution is 2.14. The molecule has 0 heterocycles. The number of nitrogens with one attached hydrogen (secondary N) is 2. The van der Waals surface area contributed by atoms with Crippen LogP contribution in [0.3, 0.4) is 0 Å². The van der Waals surface area contributed by atoms with Gasteiger partial charge in [-0.1, -0.05) is 48.5 Å². The third-order valence-electron chi connectivity index (χ3n) is 3.38. The molecule has 2 N–H and O–H groups in total. The second-order valence-electron chi connectivity index (χ2n) is 6.72. The maximum absolute atomic E-state index is 12.6. The van der Waals surface area contributed by atoms with Crippen LogP contribution in [0.4, 0.5) is 0 Å². The molecular weight excluding hydrogens is 316 g/mol. The van der Waals surface area contributed by atoms with Crippen LogP contribution >= 0.6 is 0 Å². The van der Waals surface area contributed by atoms with Gasteiger partial charge in [0.25, 0.3) is 5.91 Å². The third-order valence-corrected chi connectivity index (χ3v) is 3.38. The first-order valence-corrected chi connectivity index (χ1v) is 8.06. The summed E-state index contributed by atoms with van der Waals surface area (Å²) < 4.78 is 0. The summed E-state index contributed by atoms with van der Waals surface area (Å²) in [6.45, 7) is 5.44. The minimum absolute atomic E-state index is 0.149. The SMILES string of the molecule is CC(C)(C)NC(=O)CNC(=O)c1ccccc1C(=O)c1ccccc1. The monoisotopic (exact) mass is 338 g/mol. The van der Waals surface area contributed by atoms with Crippen LogP contribution in [0.5, 0.6) is 0 Å². The van der Waals surface area contributed by atoms with Crippen LogP contribution in [-0.4, -0.2) is 29.7 Å². The van der Waals surface area contributed by atoms with Gasteiger partial charge in [-0.3, -0.25) is 14.4 Å². The van der Waals surface area contributed by atoms with Gasteiger partial charge in [-0.05, 0) is 26.8 Å². The number of carbonyl (C=O) groups excluding carboxylic acids is 3. The average molecular weight is 338 g/mol. The molecule has 0 fully saturated rings. The van der Waals surface area contributed by atoms with Crippen molar-refractivity contribution in [2.24, 2.45) is 0 Å². The summed E-state index contributed by atoms with van der Waals surface area (Å²) in [7, 11) is 0. The Hall–Kier alpha value is -2.95. The number of carbonyl (C=O) groups is 3. The van der Waals surface area contributed by atoms with E-state index < -0.39 is 5.91 Å². The van der Waals surface area contributed by atoms with Gasteiger partial charge in [0.1, 0.15) is 0 Å². The number of ketones is 1. The molecule has 0 saturated carbocycles. The van der Waals surface area contributed by atoms with Gasteiger partial charge in [-0.2, -0.15) is 0 Å². The van der Waals surface area contributed by atoms with Crippen LogP contribution in [0.1, 0.15) is 47.1 Å². The lowest BCUT2D eigenvalue weighted by molar-refractivity contribution is -0.121.